The van der Waals surface area contributed by atoms with Crippen LogP contribution in [0.15, 0.2) is 18.2 Å². The molecule has 1 aromatic carbocycles. The van der Waals surface area contributed by atoms with E-state index in [0.29, 0.717) is 6.42 Å². The van der Waals surface area contributed by atoms with E-state index in [4.69, 9.17) is 10.8 Å². The van der Waals surface area contributed by atoms with Gasteiger partial charge in [0.15, 0.2) is 0 Å². The number of nitrogens with one attached hydrogen (secondary N) is 1. The van der Waals surface area contributed by atoms with Gasteiger partial charge in [-0.15, -0.1) is 0 Å². The Balaban J connectivity index is 2.92. The first-order chi connectivity index (χ1) is 8.45. The summed E-state index contributed by atoms with van der Waals surface area (Å²) in [5.74, 6) is -2.39. The topological polar surface area (TPSA) is 92.4 Å². The highest BCUT2D eigenvalue weighted by Gasteiger charge is 2.17. The second-order valence-corrected chi connectivity index (χ2v) is 3.88. The van der Waals surface area contributed by atoms with E-state index in [1.165, 1.54) is 0 Å². The highest BCUT2D eigenvalue weighted by Crippen LogP contribution is 2.17. The molecular weight excluding hydrogens is 239 g/mol. The fraction of sp³-hybridized carbons (Fsp3) is 0.333. The van der Waals surface area contributed by atoms with Crippen molar-refractivity contribution in [3.05, 3.63) is 29.6 Å². The highest BCUT2D eigenvalue weighted by molar-refractivity contribution is 6.02. The van der Waals surface area contributed by atoms with Crippen molar-refractivity contribution in [2.45, 2.75) is 25.8 Å². The molecule has 1 rings (SSSR count). The molecule has 98 valence electrons. The number of hydrogen-bond acceptors (Lipinski definition) is 3. The first-order valence-electron chi connectivity index (χ1n) is 5.55. The van der Waals surface area contributed by atoms with Crippen LogP contribution in [0.25, 0.3) is 0 Å². The molecule has 0 aliphatic carbocycles. The van der Waals surface area contributed by atoms with Crippen LogP contribution >= 0.6 is 0 Å². The molecular formula is C12H15FN2O3. The normalized spacial score (nSPS) is 11.9. The third kappa shape index (κ3) is 3.53. The highest BCUT2D eigenvalue weighted by atomic mass is 19.1. The van der Waals surface area contributed by atoms with Gasteiger partial charge in [-0.05, 0) is 24.6 Å². The lowest BCUT2D eigenvalue weighted by molar-refractivity contribution is -0.117. The van der Waals surface area contributed by atoms with Crippen molar-refractivity contribution in [3.8, 4) is 0 Å². The molecule has 6 heteroatoms. The molecule has 0 fully saturated rings. The quantitative estimate of drug-likeness (QED) is 0.744. The van der Waals surface area contributed by atoms with Crippen molar-refractivity contribution in [3.63, 3.8) is 0 Å². The van der Waals surface area contributed by atoms with Crippen LogP contribution in [0.5, 0.6) is 0 Å². The third-order valence-electron chi connectivity index (χ3n) is 2.41. The van der Waals surface area contributed by atoms with Gasteiger partial charge in [0, 0.05) is 0 Å². The monoisotopic (exact) mass is 254 g/mol. The van der Waals surface area contributed by atoms with Crippen molar-refractivity contribution in [2.24, 2.45) is 5.73 Å². The molecule has 1 aromatic rings. The van der Waals surface area contributed by atoms with Gasteiger partial charge in [-0.25, -0.2) is 9.18 Å². The van der Waals surface area contributed by atoms with Crippen LogP contribution in [0, 0.1) is 5.82 Å². The zero-order chi connectivity index (χ0) is 13.7. The lowest BCUT2D eigenvalue weighted by Crippen LogP contribution is -2.35. The minimum atomic E-state index is -1.24. The summed E-state index contributed by atoms with van der Waals surface area (Å²) in [7, 11) is 0. The van der Waals surface area contributed by atoms with E-state index in [1.807, 2.05) is 6.92 Å². The fourth-order valence-electron chi connectivity index (χ4n) is 1.47. The van der Waals surface area contributed by atoms with Crippen LogP contribution in [0.1, 0.15) is 30.1 Å². The number of amides is 1. The number of halogens is 1. The van der Waals surface area contributed by atoms with Gasteiger partial charge in [0.25, 0.3) is 0 Å². The van der Waals surface area contributed by atoms with Gasteiger partial charge < -0.3 is 16.2 Å². The van der Waals surface area contributed by atoms with E-state index >= 15 is 0 Å². The van der Waals surface area contributed by atoms with Crippen LogP contribution in [0.4, 0.5) is 10.1 Å². The number of hydrogen-bond donors (Lipinski definition) is 3. The summed E-state index contributed by atoms with van der Waals surface area (Å²) in [6, 6.07) is 2.34. The number of carbonyl (C=O) groups is 2. The molecule has 0 aliphatic rings. The van der Waals surface area contributed by atoms with Crippen molar-refractivity contribution >= 4 is 17.6 Å². The predicted octanol–water partition coefficient (Wildman–Crippen LogP) is 1.59. The van der Waals surface area contributed by atoms with E-state index in [1.54, 1.807) is 0 Å². The molecule has 1 amide bonds. The summed E-state index contributed by atoms with van der Waals surface area (Å²) in [6.45, 7) is 1.87. The Morgan fingerprint density at radius 3 is 2.72 bits per heavy atom. The Kier molecular flexibility index (Phi) is 4.79. The smallest absolute Gasteiger partial charge is 0.337 e. The molecule has 0 aromatic heterocycles. The van der Waals surface area contributed by atoms with E-state index in [9.17, 15) is 14.0 Å². The van der Waals surface area contributed by atoms with Crippen molar-refractivity contribution in [1.29, 1.82) is 0 Å². The second kappa shape index (κ2) is 6.11. The summed E-state index contributed by atoms with van der Waals surface area (Å²) in [6.07, 6.45) is 1.20. The Morgan fingerprint density at radius 2 is 2.17 bits per heavy atom. The summed E-state index contributed by atoms with van der Waals surface area (Å²) in [5.41, 5.74) is 5.33. The standard InChI is InChI=1S/C12H15FN2O3/c1-2-3-9(14)11(16)15-10-6-7(13)4-5-8(10)12(17)18/h4-6,9H,2-3,14H2,1H3,(H,15,16)(H,17,18)/t9-/m0/s1. The molecule has 0 spiro atoms. The van der Waals surface area contributed by atoms with E-state index in [-0.39, 0.29) is 11.3 Å². The lowest BCUT2D eigenvalue weighted by Gasteiger charge is -2.12. The molecule has 5 nitrogen and oxygen atoms in total. The maximum absolute atomic E-state index is 13.0. The zero-order valence-corrected chi connectivity index (χ0v) is 9.94. The largest absolute Gasteiger partial charge is 0.478 e. The molecule has 18 heavy (non-hydrogen) atoms. The van der Waals surface area contributed by atoms with Crippen molar-refractivity contribution in [2.75, 3.05) is 5.32 Å². The number of benzene rings is 1. The van der Waals surface area contributed by atoms with Gasteiger partial charge in [0.05, 0.1) is 17.3 Å². The third-order valence-corrected chi connectivity index (χ3v) is 2.41. The Labute approximate surface area is 104 Å². The lowest BCUT2D eigenvalue weighted by atomic mass is 10.1. The summed E-state index contributed by atoms with van der Waals surface area (Å²) >= 11 is 0. The van der Waals surface area contributed by atoms with E-state index < -0.39 is 23.7 Å². The number of carboxylic acids is 1. The van der Waals surface area contributed by atoms with Crippen LogP contribution in [-0.4, -0.2) is 23.0 Å². The zero-order valence-electron chi connectivity index (χ0n) is 9.94. The number of carbonyl (C=O) groups excluding carboxylic acids is 1. The minimum absolute atomic E-state index is 0.0842. The maximum Gasteiger partial charge on any atom is 0.337 e. The molecule has 0 heterocycles. The predicted molar refractivity (Wildman–Crippen MR) is 64.9 cm³/mol. The minimum Gasteiger partial charge on any atom is -0.478 e. The van der Waals surface area contributed by atoms with Gasteiger partial charge in [0.2, 0.25) is 5.91 Å². The number of aromatic carboxylic acids is 1. The summed E-state index contributed by atoms with van der Waals surface area (Å²) < 4.78 is 13.0. The van der Waals surface area contributed by atoms with Crippen molar-refractivity contribution < 1.29 is 19.1 Å². The van der Waals surface area contributed by atoms with Crippen LogP contribution in [0.2, 0.25) is 0 Å². The first-order valence-corrected chi connectivity index (χ1v) is 5.55. The number of nitrogens with two attached hydrogens (primary N) is 1. The average molecular weight is 254 g/mol. The second-order valence-electron chi connectivity index (χ2n) is 3.88. The molecule has 0 aliphatic heterocycles. The molecule has 0 saturated heterocycles. The van der Waals surface area contributed by atoms with E-state index in [0.717, 1.165) is 24.6 Å². The molecule has 0 radical (unpaired) electrons. The van der Waals surface area contributed by atoms with Crippen LogP contribution in [0.3, 0.4) is 0 Å². The van der Waals surface area contributed by atoms with Gasteiger partial charge in [0.1, 0.15) is 5.82 Å². The SMILES string of the molecule is CCC[C@H](N)C(=O)Nc1cc(F)ccc1C(=O)O. The first kappa shape index (κ1) is 14.1. The van der Waals surface area contributed by atoms with Gasteiger partial charge in [-0.3, -0.25) is 4.79 Å². The van der Waals surface area contributed by atoms with Crippen LogP contribution < -0.4 is 11.1 Å². The molecule has 1 atom stereocenters. The average Bonchev–Trinajstić information content (AvgIpc) is 2.28. The number of rotatable bonds is 5. The molecule has 0 bridgehead atoms. The van der Waals surface area contributed by atoms with Gasteiger partial charge >= 0.3 is 5.97 Å². The Morgan fingerprint density at radius 1 is 1.50 bits per heavy atom. The fourth-order valence-corrected chi connectivity index (χ4v) is 1.47. The van der Waals surface area contributed by atoms with Gasteiger partial charge in [-0.2, -0.15) is 0 Å². The van der Waals surface area contributed by atoms with Crippen molar-refractivity contribution in [1.82, 2.24) is 0 Å². The van der Waals surface area contributed by atoms with Gasteiger partial charge in [-0.1, -0.05) is 13.3 Å². The molecule has 4 N–H and O–H groups in total. The Hall–Kier alpha value is -1.95. The number of anilines is 1. The van der Waals surface area contributed by atoms with E-state index in [2.05, 4.69) is 5.32 Å². The number of carboxylic acid groups (broad SMARTS) is 1. The molecule has 0 unspecified atom stereocenters. The summed E-state index contributed by atoms with van der Waals surface area (Å²) in [5, 5.41) is 11.2. The molecule has 0 saturated carbocycles. The summed E-state index contributed by atoms with van der Waals surface area (Å²) in [4.78, 5) is 22.5. The van der Waals surface area contributed by atoms with Crippen LogP contribution in [-0.2, 0) is 4.79 Å². The Bertz CT molecular complexity index is 463. The maximum atomic E-state index is 13.0.